The Bertz CT molecular complexity index is 271. The molecule has 0 unspecified atom stereocenters. The molecule has 0 aliphatic carbocycles. The second kappa shape index (κ2) is 5.36. The van der Waals surface area contributed by atoms with Crippen LogP contribution in [0.25, 0.3) is 0 Å². The molecule has 0 fully saturated rings. The maximum Gasteiger partial charge on any atom is 1.00 e. The second-order valence-corrected chi connectivity index (χ2v) is 2.48. The molecule has 3 heteroatoms. The zero-order chi connectivity index (χ0) is 8.27. The van der Waals surface area contributed by atoms with Gasteiger partial charge in [-0.2, -0.15) is 0 Å². The predicted octanol–water partition coefficient (Wildman–Crippen LogP) is -2.71. The number of carbonyl (C=O) groups is 1. The van der Waals surface area contributed by atoms with Crippen LogP contribution in [0, 0.1) is 6.92 Å². The molecule has 0 heterocycles. The normalized spacial score (nSPS) is 8.75. The van der Waals surface area contributed by atoms with Gasteiger partial charge in [-0.05, 0) is 18.1 Å². The van der Waals surface area contributed by atoms with Crippen LogP contribution in [0.2, 0.25) is 0 Å². The van der Waals surface area contributed by atoms with E-state index in [1.165, 1.54) is 0 Å². The fourth-order valence-electron chi connectivity index (χ4n) is 0.964. The first-order valence-electron chi connectivity index (χ1n) is 3.44. The van der Waals surface area contributed by atoms with Gasteiger partial charge in [-0.3, -0.25) is 0 Å². The van der Waals surface area contributed by atoms with Gasteiger partial charge in [0.1, 0.15) is 0 Å². The van der Waals surface area contributed by atoms with Gasteiger partial charge in [0.25, 0.3) is 0 Å². The van der Waals surface area contributed by atoms with Crippen molar-refractivity contribution in [2.45, 2.75) is 13.3 Å². The number of rotatable bonds is 2. The molecule has 1 aromatic rings. The first-order chi connectivity index (χ1) is 5.20. The van der Waals surface area contributed by atoms with Gasteiger partial charge >= 0.3 is 29.6 Å². The Morgan fingerprint density at radius 1 is 1.42 bits per heavy atom. The summed E-state index contributed by atoms with van der Waals surface area (Å²) in [4.78, 5) is 10.2. The van der Waals surface area contributed by atoms with Crippen molar-refractivity contribution in [3.8, 4) is 0 Å². The van der Waals surface area contributed by atoms with E-state index >= 15 is 0 Å². The van der Waals surface area contributed by atoms with E-state index in [0.29, 0.717) is 0 Å². The van der Waals surface area contributed by atoms with Crippen molar-refractivity contribution < 1.29 is 39.5 Å². The van der Waals surface area contributed by atoms with Crippen LogP contribution in [0.4, 0.5) is 0 Å². The van der Waals surface area contributed by atoms with Crippen LogP contribution in [-0.2, 0) is 11.2 Å². The maximum absolute atomic E-state index is 10.2. The molecule has 2 nitrogen and oxygen atoms in total. The van der Waals surface area contributed by atoms with Crippen molar-refractivity contribution >= 4 is 5.97 Å². The van der Waals surface area contributed by atoms with Crippen molar-refractivity contribution in [1.29, 1.82) is 0 Å². The summed E-state index contributed by atoms with van der Waals surface area (Å²) in [7, 11) is 0. The molecule has 0 aromatic heterocycles. The fraction of sp³-hybridized carbons (Fsp3) is 0.222. The predicted molar refractivity (Wildman–Crippen MR) is 39.9 cm³/mol. The third kappa shape index (κ3) is 3.39. The second-order valence-electron chi connectivity index (χ2n) is 2.48. The molecule has 0 atom stereocenters. The molecular formula is C9H9NaO2. The standard InChI is InChI=1S/C9H10O2.Na/c1-7-4-2-3-5-8(7)6-9(10)11;/h2-5H,6H2,1H3,(H,10,11);/q;+1/p-1. The fourth-order valence-corrected chi connectivity index (χ4v) is 0.964. The minimum Gasteiger partial charge on any atom is -0.550 e. The van der Waals surface area contributed by atoms with E-state index in [4.69, 9.17) is 0 Å². The van der Waals surface area contributed by atoms with E-state index < -0.39 is 5.97 Å². The molecule has 0 N–H and O–H groups in total. The van der Waals surface area contributed by atoms with E-state index in [1.54, 1.807) is 6.07 Å². The van der Waals surface area contributed by atoms with Crippen molar-refractivity contribution in [2.24, 2.45) is 0 Å². The van der Waals surface area contributed by atoms with Gasteiger partial charge in [-0.1, -0.05) is 24.3 Å². The zero-order valence-corrected chi connectivity index (χ0v) is 9.33. The van der Waals surface area contributed by atoms with Gasteiger partial charge in [0.15, 0.2) is 0 Å². The number of hydrogen-bond donors (Lipinski definition) is 0. The summed E-state index contributed by atoms with van der Waals surface area (Å²) in [5.74, 6) is -1.03. The van der Waals surface area contributed by atoms with Crippen molar-refractivity contribution in [2.75, 3.05) is 0 Å². The summed E-state index contributed by atoms with van der Waals surface area (Å²) in [6.07, 6.45) is 0.00662. The number of carboxylic acid groups (broad SMARTS) is 1. The topological polar surface area (TPSA) is 40.1 Å². The molecule has 0 aliphatic rings. The maximum atomic E-state index is 10.2. The first kappa shape index (κ1) is 11.7. The van der Waals surface area contributed by atoms with Crippen LogP contribution < -0.4 is 34.7 Å². The van der Waals surface area contributed by atoms with Crippen molar-refractivity contribution in [1.82, 2.24) is 0 Å². The molecule has 12 heavy (non-hydrogen) atoms. The monoisotopic (exact) mass is 172 g/mol. The van der Waals surface area contributed by atoms with Gasteiger partial charge in [0.2, 0.25) is 0 Å². The summed E-state index contributed by atoms with van der Waals surface area (Å²) in [6.45, 7) is 1.89. The molecule has 0 bridgehead atoms. The molecule has 0 radical (unpaired) electrons. The number of carbonyl (C=O) groups excluding carboxylic acids is 1. The van der Waals surface area contributed by atoms with Crippen LogP contribution in [0.5, 0.6) is 0 Å². The zero-order valence-electron chi connectivity index (χ0n) is 7.33. The average Bonchev–Trinajstić information content (AvgIpc) is 1.93. The van der Waals surface area contributed by atoms with Crippen LogP contribution in [0.1, 0.15) is 11.1 Å². The largest absolute Gasteiger partial charge is 1.00 e. The third-order valence-electron chi connectivity index (χ3n) is 1.60. The summed E-state index contributed by atoms with van der Waals surface area (Å²) in [6, 6.07) is 7.39. The van der Waals surface area contributed by atoms with Gasteiger partial charge in [0.05, 0.1) is 0 Å². The molecule has 0 saturated heterocycles. The molecular weight excluding hydrogens is 163 g/mol. The Hall–Kier alpha value is -0.310. The number of aliphatic carboxylic acids is 1. The molecule has 58 valence electrons. The van der Waals surface area contributed by atoms with Gasteiger partial charge in [-0.25, -0.2) is 0 Å². The van der Waals surface area contributed by atoms with Crippen LogP contribution in [0.15, 0.2) is 24.3 Å². The van der Waals surface area contributed by atoms with E-state index in [9.17, 15) is 9.90 Å². The van der Waals surface area contributed by atoms with Crippen molar-refractivity contribution in [3.63, 3.8) is 0 Å². The molecule has 0 aliphatic heterocycles. The Balaban J connectivity index is 0.00000121. The van der Waals surface area contributed by atoms with Crippen LogP contribution in [-0.4, -0.2) is 5.97 Å². The summed E-state index contributed by atoms with van der Waals surface area (Å²) in [5, 5.41) is 10.2. The van der Waals surface area contributed by atoms with Crippen LogP contribution >= 0.6 is 0 Å². The van der Waals surface area contributed by atoms with Crippen LogP contribution in [0.3, 0.4) is 0 Å². The Kier molecular flexibility index (Phi) is 5.22. The molecule has 1 rings (SSSR count). The molecule has 1 aromatic carbocycles. The first-order valence-corrected chi connectivity index (χ1v) is 3.44. The van der Waals surface area contributed by atoms with E-state index in [0.717, 1.165) is 11.1 Å². The molecule has 0 spiro atoms. The Morgan fingerprint density at radius 3 is 2.50 bits per heavy atom. The van der Waals surface area contributed by atoms with Crippen molar-refractivity contribution in [3.05, 3.63) is 35.4 Å². The van der Waals surface area contributed by atoms with E-state index in [1.807, 2.05) is 25.1 Å². The van der Waals surface area contributed by atoms with E-state index in [2.05, 4.69) is 0 Å². The minimum absolute atomic E-state index is 0. The number of benzene rings is 1. The third-order valence-corrected chi connectivity index (χ3v) is 1.60. The summed E-state index contributed by atoms with van der Waals surface area (Å²) in [5.41, 5.74) is 1.82. The quantitative estimate of drug-likeness (QED) is 0.455. The molecule has 0 saturated carbocycles. The van der Waals surface area contributed by atoms with E-state index in [-0.39, 0.29) is 36.0 Å². The van der Waals surface area contributed by atoms with Gasteiger partial charge < -0.3 is 9.90 Å². The van der Waals surface area contributed by atoms with Gasteiger partial charge in [0, 0.05) is 12.4 Å². The average molecular weight is 172 g/mol. The van der Waals surface area contributed by atoms with Gasteiger partial charge in [-0.15, -0.1) is 0 Å². The Morgan fingerprint density at radius 2 is 2.00 bits per heavy atom. The summed E-state index contributed by atoms with van der Waals surface area (Å²) >= 11 is 0. The SMILES string of the molecule is Cc1ccccc1CC(=O)[O-].[Na+]. The molecule has 0 amide bonds. The smallest absolute Gasteiger partial charge is 0.550 e. The summed E-state index contributed by atoms with van der Waals surface area (Å²) < 4.78 is 0. The number of hydrogen-bond acceptors (Lipinski definition) is 2. The minimum atomic E-state index is -1.03. The number of aryl methyl sites for hydroxylation is 1. The Labute approximate surface area is 93.9 Å². The number of carboxylic acids is 1.